The van der Waals surface area contributed by atoms with Crippen molar-refractivity contribution in [3.8, 4) is 0 Å². The number of nitrogens with one attached hydrogen (secondary N) is 1. The Morgan fingerprint density at radius 2 is 1.82 bits per heavy atom. The number of hydrogen-bond acceptors (Lipinski definition) is 11. The van der Waals surface area contributed by atoms with Gasteiger partial charge in [-0.1, -0.05) is 6.08 Å². The molecule has 7 N–H and O–H groups in total. The Balaban J connectivity index is 2.37. The predicted molar refractivity (Wildman–Crippen MR) is 110 cm³/mol. The van der Waals surface area contributed by atoms with Crippen molar-refractivity contribution in [1.82, 2.24) is 9.55 Å². The minimum Gasteiger partial charge on any atom is -0.387 e. The van der Waals surface area contributed by atoms with Crippen molar-refractivity contribution < 1.29 is 61.4 Å². The van der Waals surface area contributed by atoms with Gasteiger partial charge in [-0.05, 0) is 0 Å². The molecule has 0 spiro atoms. The van der Waals surface area contributed by atoms with E-state index in [-0.39, 0.29) is 0 Å². The largest absolute Gasteiger partial charge is 0.490 e. The molecule has 1 aliphatic heterocycles. The maximum atomic E-state index is 12.2. The molecule has 2 rings (SSSR count). The number of rotatable bonds is 11. The minimum atomic E-state index is -5.83. The van der Waals surface area contributed by atoms with Crippen LogP contribution in [0.3, 0.4) is 0 Å². The lowest BCUT2D eigenvalue weighted by Gasteiger charge is -2.33. The molecule has 34 heavy (non-hydrogen) atoms. The number of aliphatic hydroxyl groups excluding tert-OH is 1. The number of hydrogen-bond donors (Lipinski definition) is 7. The molecule has 1 saturated heterocycles. The summed E-state index contributed by atoms with van der Waals surface area (Å²) in [5, 5.41) is 21.9. The van der Waals surface area contributed by atoms with E-state index in [1.54, 1.807) is 0 Å². The van der Waals surface area contributed by atoms with Gasteiger partial charge in [0.25, 0.3) is 5.56 Å². The van der Waals surface area contributed by atoms with Crippen molar-refractivity contribution in [2.45, 2.75) is 30.0 Å². The number of nitrogens with zero attached hydrogens (tertiary/aromatic N) is 1. The predicted octanol–water partition coefficient (Wildman–Crippen LogP) is -0.946. The quantitative estimate of drug-likeness (QED) is 0.0957. The fraction of sp³-hybridized carbons (Fsp3) is 0.538. The van der Waals surface area contributed by atoms with E-state index in [0.717, 1.165) is 18.3 Å². The Morgan fingerprint density at radius 3 is 2.32 bits per heavy atom. The van der Waals surface area contributed by atoms with Crippen molar-refractivity contribution >= 4 is 35.1 Å². The number of ether oxygens (including phenoxy) is 1. The number of aliphatic hydroxyl groups is 2. The standard InChI is InChI=1S/C13H20ClN2O15P3/c1-2-4-13(20)9(18)12(6-14,29-10(13)16-5-3-8(17)15-11(16)19)7-28-33(24,25)31-34(26,27)30-32(21,22)23/h2-3,5,9-10,18,20H,1,4,6-7H2,(H,24,25)(H,26,27)(H,15,17,19)(H2,21,22,23)/t9-,10-,12-,13-/m1/s1. The first-order valence-electron chi connectivity index (χ1n) is 8.75. The molecule has 6 atom stereocenters. The van der Waals surface area contributed by atoms with Gasteiger partial charge >= 0.3 is 29.2 Å². The molecule has 2 heterocycles. The summed E-state index contributed by atoms with van der Waals surface area (Å²) in [4.78, 5) is 61.5. The molecule has 0 saturated carbocycles. The highest BCUT2D eigenvalue weighted by atomic mass is 35.5. The molecule has 0 radical (unpaired) electrons. The van der Waals surface area contributed by atoms with E-state index >= 15 is 0 Å². The molecular formula is C13H20ClN2O15P3. The van der Waals surface area contributed by atoms with Crippen LogP contribution >= 0.6 is 35.1 Å². The molecule has 17 nitrogen and oxygen atoms in total. The van der Waals surface area contributed by atoms with E-state index in [2.05, 4.69) is 19.7 Å². The number of alkyl halides is 1. The van der Waals surface area contributed by atoms with Crippen molar-refractivity contribution in [3.63, 3.8) is 0 Å². The second-order valence-electron chi connectivity index (χ2n) is 6.94. The summed E-state index contributed by atoms with van der Waals surface area (Å²) in [6.45, 7) is 2.19. The van der Waals surface area contributed by atoms with Crippen LogP contribution in [0.25, 0.3) is 0 Å². The van der Waals surface area contributed by atoms with Crippen LogP contribution in [0.2, 0.25) is 0 Å². The van der Waals surface area contributed by atoms with Gasteiger partial charge in [-0.3, -0.25) is 18.9 Å². The Hall–Kier alpha value is -1.00. The molecule has 1 aromatic heterocycles. The van der Waals surface area contributed by atoms with Crippen molar-refractivity contribution in [1.29, 1.82) is 0 Å². The van der Waals surface area contributed by atoms with Crippen LogP contribution in [0, 0.1) is 0 Å². The molecule has 1 fully saturated rings. The minimum absolute atomic E-state index is 0.432. The summed E-state index contributed by atoms with van der Waals surface area (Å²) < 4.78 is 52.2. The Morgan fingerprint density at radius 1 is 1.21 bits per heavy atom. The first-order valence-corrected chi connectivity index (χ1v) is 13.8. The normalized spacial score (nSPS) is 31.0. The van der Waals surface area contributed by atoms with Gasteiger partial charge in [-0.15, -0.1) is 18.2 Å². The van der Waals surface area contributed by atoms with E-state index in [0.29, 0.717) is 4.57 Å². The average molecular weight is 573 g/mol. The lowest BCUT2D eigenvalue weighted by molar-refractivity contribution is -0.122. The Bertz CT molecular complexity index is 1180. The molecule has 2 unspecified atom stereocenters. The highest BCUT2D eigenvalue weighted by Crippen LogP contribution is 2.66. The number of halogens is 1. The van der Waals surface area contributed by atoms with E-state index in [1.807, 2.05) is 4.98 Å². The second-order valence-corrected chi connectivity index (χ2v) is 11.6. The Kier molecular flexibility index (Phi) is 8.74. The van der Waals surface area contributed by atoms with E-state index in [9.17, 15) is 43.3 Å². The fourth-order valence-corrected chi connectivity index (χ4v) is 6.45. The maximum absolute atomic E-state index is 12.2. The molecule has 1 aliphatic rings. The lowest BCUT2D eigenvalue weighted by atomic mass is 9.85. The van der Waals surface area contributed by atoms with Crippen LogP contribution in [0.15, 0.2) is 34.5 Å². The zero-order chi connectivity index (χ0) is 26.2. The van der Waals surface area contributed by atoms with Gasteiger partial charge in [0.15, 0.2) is 6.23 Å². The molecule has 1 aromatic rings. The van der Waals surface area contributed by atoms with E-state index < -0.39 is 77.2 Å². The number of phosphoric ester groups is 1. The van der Waals surface area contributed by atoms with E-state index in [1.165, 1.54) is 0 Å². The van der Waals surface area contributed by atoms with Crippen LogP contribution in [0.1, 0.15) is 12.6 Å². The van der Waals surface area contributed by atoms with Crippen molar-refractivity contribution in [2.75, 3.05) is 12.5 Å². The monoisotopic (exact) mass is 572 g/mol. The van der Waals surface area contributed by atoms with Gasteiger partial charge in [-0.2, -0.15) is 8.62 Å². The van der Waals surface area contributed by atoms with Gasteiger partial charge in [-0.25, -0.2) is 18.5 Å². The number of phosphoric acid groups is 3. The highest BCUT2D eigenvalue weighted by Gasteiger charge is 2.64. The molecule has 21 heteroatoms. The third-order valence-corrected chi connectivity index (χ3v) is 8.67. The lowest BCUT2D eigenvalue weighted by Crippen LogP contribution is -2.54. The number of aromatic nitrogens is 2. The summed E-state index contributed by atoms with van der Waals surface area (Å²) in [6, 6.07) is 0.901. The van der Waals surface area contributed by atoms with Crippen LogP contribution in [0.4, 0.5) is 0 Å². The summed E-state index contributed by atoms with van der Waals surface area (Å²) in [5.74, 6) is -0.766. The molecular weight excluding hydrogens is 553 g/mol. The smallest absolute Gasteiger partial charge is 0.387 e. The third kappa shape index (κ3) is 6.60. The molecule has 0 aromatic carbocycles. The van der Waals surface area contributed by atoms with Gasteiger partial charge in [0.1, 0.15) is 17.3 Å². The first kappa shape index (κ1) is 29.2. The second kappa shape index (κ2) is 10.2. The van der Waals surface area contributed by atoms with Gasteiger partial charge in [0.05, 0.1) is 12.5 Å². The van der Waals surface area contributed by atoms with Crippen molar-refractivity contribution in [3.05, 3.63) is 45.8 Å². The van der Waals surface area contributed by atoms with Crippen LogP contribution < -0.4 is 11.2 Å². The maximum Gasteiger partial charge on any atom is 0.490 e. The molecule has 0 aliphatic carbocycles. The topological polar surface area (TPSA) is 264 Å². The summed E-state index contributed by atoms with van der Waals surface area (Å²) in [6.07, 6.45) is -2.18. The molecule has 194 valence electrons. The van der Waals surface area contributed by atoms with Gasteiger partial charge in [0, 0.05) is 18.7 Å². The molecule has 0 bridgehead atoms. The average Bonchev–Trinajstić information content (AvgIpc) is 2.86. The summed E-state index contributed by atoms with van der Waals surface area (Å²) in [5.41, 5.74) is -6.49. The SMILES string of the molecule is C=CC[C@@]1(O)[C@H](O)[C@@](CCl)(COP(=O)(O)OP(=O)(O)OP(=O)(O)O)O[C@H]1n1ccc(=O)[nH]c1=O. The van der Waals surface area contributed by atoms with E-state index in [4.69, 9.17) is 26.1 Å². The third-order valence-electron chi connectivity index (χ3n) is 4.44. The van der Waals surface area contributed by atoms with Crippen LogP contribution in [-0.4, -0.2) is 69.1 Å². The zero-order valence-electron chi connectivity index (χ0n) is 16.7. The first-order chi connectivity index (χ1) is 15.4. The molecule has 0 amide bonds. The van der Waals surface area contributed by atoms with Crippen LogP contribution in [0.5, 0.6) is 0 Å². The summed E-state index contributed by atoms with van der Waals surface area (Å²) >= 11 is 5.86. The Labute approximate surface area is 194 Å². The fourth-order valence-electron chi connectivity index (χ4n) is 3.08. The van der Waals surface area contributed by atoms with Crippen LogP contribution in [-0.2, 0) is 31.6 Å². The zero-order valence-corrected chi connectivity index (χ0v) is 20.2. The highest BCUT2D eigenvalue weighted by molar-refractivity contribution is 7.66. The number of aromatic amines is 1. The van der Waals surface area contributed by atoms with Gasteiger partial charge in [0.2, 0.25) is 0 Å². The van der Waals surface area contributed by atoms with Crippen molar-refractivity contribution in [2.24, 2.45) is 0 Å². The number of H-pyrrole nitrogens is 1. The summed E-state index contributed by atoms with van der Waals surface area (Å²) in [7, 11) is -17.1. The van der Waals surface area contributed by atoms with Gasteiger partial charge < -0.3 is 34.5 Å².